The number of carbonyl (C=O) groups excluding carboxylic acids is 1. The van der Waals surface area contributed by atoms with Gasteiger partial charge in [0, 0.05) is 18.4 Å². The minimum absolute atomic E-state index is 0.171. The van der Waals surface area contributed by atoms with Gasteiger partial charge in [-0.3, -0.25) is 4.79 Å². The Balaban J connectivity index is 1.72. The molecule has 0 atom stereocenters. The number of rotatable bonds is 5. The van der Waals surface area contributed by atoms with Crippen LogP contribution in [0.3, 0.4) is 0 Å². The number of hydrogen-bond donors (Lipinski definition) is 1. The number of nitrogens with one attached hydrogen (secondary N) is 1. The maximum Gasteiger partial charge on any atom is 0.276 e. The molecular formula is C20H18ClN3O2. The van der Waals surface area contributed by atoms with Crippen LogP contribution < -0.4 is 15.0 Å². The van der Waals surface area contributed by atoms with Gasteiger partial charge in [0.05, 0.1) is 24.0 Å². The van der Waals surface area contributed by atoms with Crippen molar-refractivity contribution in [3.8, 4) is 5.75 Å². The van der Waals surface area contributed by atoms with Crippen molar-refractivity contribution in [1.29, 1.82) is 0 Å². The fourth-order valence-corrected chi connectivity index (χ4v) is 2.70. The van der Waals surface area contributed by atoms with Crippen molar-refractivity contribution >= 4 is 34.6 Å². The van der Waals surface area contributed by atoms with E-state index in [9.17, 15) is 4.79 Å². The van der Waals surface area contributed by atoms with E-state index in [-0.39, 0.29) is 5.91 Å². The Morgan fingerprint density at radius 1 is 1.08 bits per heavy atom. The number of amides is 1. The van der Waals surface area contributed by atoms with Crippen molar-refractivity contribution in [2.45, 2.75) is 0 Å². The predicted molar refractivity (Wildman–Crippen MR) is 105 cm³/mol. The van der Waals surface area contributed by atoms with Gasteiger partial charge in [0.1, 0.15) is 11.4 Å². The van der Waals surface area contributed by atoms with Gasteiger partial charge in [0.25, 0.3) is 5.91 Å². The smallest absolute Gasteiger partial charge is 0.276 e. The molecule has 0 saturated carbocycles. The molecular weight excluding hydrogens is 350 g/mol. The van der Waals surface area contributed by atoms with E-state index in [1.54, 1.807) is 49.5 Å². The fraction of sp³-hybridized carbons (Fsp3) is 0.100. The van der Waals surface area contributed by atoms with Crippen molar-refractivity contribution in [2.24, 2.45) is 0 Å². The Kier molecular flexibility index (Phi) is 5.39. The first kappa shape index (κ1) is 17.8. The van der Waals surface area contributed by atoms with Crippen LogP contribution >= 0.6 is 11.6 Å². The first-order chi connectivity index (χ1) is 12.6. The summed E-state index contributed by atoms with van der Waals surface area (Å²) in [6.07, 6.45) is 1.62. The quantitative estimate of drug-likeness (QED) is 0.706. The molecule has 0 fully saturated rings. The molecule has 1 heterocycles. The molecule has 3 aromatic rings. The van der Waals surface area contributed by atoms with Gasteiger partial charge in [-0.1, -0.05) is 29.8 Å². The van der Waals surface area contributed by atoms with Crippen LogP contribution in [0.25, 0.3) is 0 Å². The van der Waals surface area contributed by atoms with Crippen LogP contribution in [0, 0.1) is 0 Å². The number of benzene rings is 2. The van der Waals surface area contributed by atoms with E-state index in [1.807, 2.05) is 36.4 Å². The van der Waals surface area contributed by atoms with Gasteiger partial charge in [-0.05, 0) is 42.5 Å². The number of pyridine rings is 1. The van der Waals surface area contributed by atoms with Crippen molar-refractivity contribution in [2.75, 3.05) is 24.4 Å². The van der Waals surface area contributed by atoms with Crippen molar-refractivity contribution in [3.05, 3.63) is 77.6 Å². The lowest BCUT2D eigenvalue weighted by molar-refractivity contribution is 0.0988. The number of nitrogens with zero attached hydrogens (tertiary/aromatic N) is 2. The fourth-order valence-electron chi connectivity index (χ4n) is 2.45. The lowest BCUT2D eigenvalue weighted by Crippen LogP contribution is -2.26. The average molecular weight is 368 g/mol. The van der Waals surface area contributed by atoms with Crippen molar-refractivity contribution < 1.29 is 9.53 Å². The number of hydrogen-bond acceptors (Lipinski definition) is 4. The van der Waals surface area contributed by atoms with Crippen LogP contribution in [0.2, 0.25) is 5.02 Å². The van der Waals surface area contributed by atoms with Crippen LogP contribution in [-0.4, -0.2) is 25.0 Å². The molecule has 0 aliphatic heterocycles. The Morgan fingerprint density at radius 3 is 2.42 bits per heavy atom. The van der Waals surface area contributed by atoms with E-state index in [0.29, 0.717) is 16.5 Å². The maximum absolute atomic E-state index is 12.5. The molecule has 3 rings (SSSR count). The number of para-hydroxylation sites is 1. The molecule has 0 unspecified atom stereocenters. The second-order valence-corrected chi connectivity index (χ2v) is 6.01. The van der Waals surface area contributed by atoms with Crippen LogP contribution in [0.5, 0.6) is 5.75 Å². The summed E-state index contributed by atoms with van der Waals surface area (Å²) < 4.78 is 5.14. The molecule has 2 aromatic carbocycles. The van der Waals surface area contributed by atoms with E-state index >= 15 is 0 Å². The number of ether oxygens (including phenoxy) is 1. The van der Waals surface area contributed by atoms with Gasteiger partial charge < -0.3 is 15.0 Å². The summed E-state index contributed by atoms with van der Waals surface area (Å²) in [5.41, 5.74) is 2.74. The molecule has 1 amide bonds. The molecule has 1 N–H and O–H groups in total. The van der Waals surface area contributed by atoms with Gasteiger partial charge in [-0.2, -0.15) is 0 Å². The van der Waals surface area contributed by atoms with E-state index in [4.69, 9.17) is 16.3 Å². The van der Waals surface area contributed by atoms with E-state index in [2.05, 4.69) is 10.3 Å². The highest BCUT2D eigenvalue weighted by Gasteiger charge is 2.14. The molecule has 132 valence electrons. The Morgan fingerprint density at radius 2 is 1.81 bits per heavy atom. The summed E-state index contributed by atoms with van der Waals surface area (Å²) in [6, 6.07) is 18.3. The standard InChI is InChI=1S/C20H18ClN3O2/c1-24(16-6-4-3-5-7-16)20(25)18-10-8-15(13-22-18)23-14-9-11-19(26-2)17(21)12-14/h3-13,23H,1-2H3. The first-order valence-electron chi connectivity index (χ1n) is 7.98. The highest BCUT2D eigenvalue weighted by atomic mass is 35.5. The highest BCUT2D eigenvalue weighted by Crippen LogP contribution is 2.28. The highest BCUT2D eigenvalue weighted by molar-refractivity contribution is 6.32. The monoisotopic (exact) mass is 367 g/mol. The number of carbonyl (C=O) groups is 1. The van der Waals surface area contributed by atoms with Gasteiger partial charge in [-0.15, -0.1) is 0 Å². The molecule has 0 aliphatic carbocycles. The Labute approximate surface area is 157 Å². The third-order valence-electron chi connectivity index (χ3n) is 3.87. The summed E-state index contributed by atoms with van der Waals surface area (Å²) in [5.74, 6) is 0.440. The molecule has 0 aliphatic rings. The van der Waals surface area contributed by atoms with Crippen LogP contribution in [-0.2, 0) is 0 Å². The lowest BCUT2D eigenvalue weighted by atomic mass is 10.2. The largest absolute Gasteiger partial charge is 0.495 e. The Hall–Kier alpha value is -3.05. The zero-order valence-corrected chi connectivity index (χ0v) is 15.2. The second-order valence-electron chi connectivity index (χ2n) is 5.61. The van der Waals surface area contributed by atoms with Crippen molar-refractivity contribution in [3.63, 3.8) is 0 Å². The number of halogens is 1. The van der Waals surface area contributed by atoms with Gasteiger partial charge in [0.2, 0.25) is 0 Å². The molecule has 6 heteroatoms. The average Bonchev–Trinajstić information content (AvgIpc) is 2.68. The predicted octanol–water partition coefficient (Wildman–Crippen LogP) is 4.76. The zero-order valence-electron chi connectivity index (χ0n) is 14.4. The van der Waals surface area contributed by atoms with E-state index in [1.165, 1.54) is 0 Å². The summed E-state index contributed by atoms with van der Waals surface area (Å²) in [7, 11) is 3.30. The zero-order chi connectivity index (χ0) is 18.5. The first-order valence-corrected chi connectivity index (χ1v) is 8.36. The number of anilines is 3. The molecule has 0 saturated heterocycles. The van der Waals surface area contributed by atoms with E-state index < -0.39 is 0 Å². The summed E-state index contributed by atoms with van der Waals surface area (Å²) in [4.78, 5) is 18.4. The molecule has 0 spiro atoms. The van der Waals surface area contributed by atoms with E-state index in [0.717, 1.165) is 17.1 Å². The maximum atomic E-state index is 12.5. The van der Waals surface area contributed by atoms with Crippen molar-refractivity contribution in [1.82, 2.24) is 4.98 Å². The summed E-state index contributed by atoms with van der Waals surface area (Å²) in [6.45, 7) is 0. The second kappa shape index (κ2) is 7.89. The minimum atomic E-state index is -0.171. The molecule has 26 heavy (non-hydrogen) atoms. The van der Waals surface area contributed by atoms with Gasteiger partial charge in [0.15, 0.2) is 0 Å². The summed E-state index contributed by atoms with van der Waals surface area (Å²) in [5, 5.41) is 3.71. The molecule has 5 nitrogen and oxygen atoms in total. The van der Waals surface area contributed by atoms with Crippen LogP contribution in [0.15, 0.2) is 66.9 Å². The Bertz CT molecular complexity index is 899. The molecule has 1 aromatic heterocycles. The minimum Gasteiger partial charge on any atom is -0.495 e. The third kappa shape index (κ3) is 3.95. The topological polar surface area (TPSA) is 54.5 Å². The number of methoxy groups -OCH3 is 1. The lowest BCUT2D eigenvalue weighted by Gasteiger charge is -2.17. The van der Waals surface area contributed by atoms with Gasteiger partial charge in [-0.25, -0.2) is 4.98 Å². The molecule has 0 radical (unpaired) electrons. The third-order valence-corrected chi connectivity index (χ3v) is 4.17. The number of aromatic nitrogens is 1. The molecule has 0 bridgehead atoms. The summed E-state index contributed by atoms with van der Waals surface area (Å²) >= 11 is 6.12. The normalized spacial score (nSPS) is 10.3. The van der Waals surface area contributed by atoms with Crippen LogP contribution in [0.4, 0.5) is 17.1 Å². The van der Waals surface area contributed by atoms with Crippen LogP contribution in [0.1, 0.15) is 10.5 Å². The van der Waals surface area contributed by atoms with Gasteiger partial charge >= 0.3 is 0 Å². The SMILES string of the molecule is COc1ccc(Nc2ccc(C(=O)N(C)c3ccccc3)nc2)cc1Cl.